The molecular weight excluding hydrogens is 502 g/mol. The van der Waals surface area contributed by atoms with Crippen LogP contribution in [0.2, 0.25) is 0 Å². The van der Waals surface area contributed by atoms with Gasteiger partial charge in [0.25, 0.3) is 0 Å². The Hall–Kier alpha value is -3.79. The Labute approximate surface area is 221 Å². The van der Waals surface area contributed by atoms with E-state index in [1.54, 1.807) is 21.4 Å². The summed E-state index contributed by atoms with van der Waals surface area (Å²) in [6, 6.07) is 13.9. The number of nitriles is 1. The van der Waals surface area contributed by atoms with Crippen LogP contribution in [0.3, 0.4) is 0 Å². The number of aromatic nitrogens is 4. The highest BCUT2D eigenvalue weighted by Gasteiger charge is 2.46. The second-order valence-electron chi connectivity index (χ2n) is 9.95. The number of nitrogens with zero attached hydrogens (tertiary/aromatic N) is 7. The van der Waals surface area contributed by atoms with Crippen molar-refractivity contribution in [2.24, 2.45) is 0 Å². The number of piperidine rings is 1. The zero-order valence-corrected chi connectivity index (χ0v) is 21.7. The summed E-state index contributed by atoms with van der Waals surface area (Å²) >= 11 is 0. The highest BCUT2D eigenvalue weighted by atomic mass is 32.2. The molecule has 2 N–H and O–H groups in total. The van der Waals surface area contributed by atoms with Gasteiger partial charge in [-0.05, 0) is 62.1 Å². The summed E-state index contributed by atoms with van der Waals surface area (Å²) in [5, 5.41) is 18.9. The summed E-state index contributed by atoms with van der Waals surface area (Å²) in [5.74, 6) is 0.485. The highest BCUT2D eigenvalue weighted by Crippen LogP contribution is 2.38. The number of anilines is 2. The van der Waals surface area contributed by atoms with Crippen molar-refractivity contribution in [3.63, 3.8) is 0 Å². The summed E-state index contributed by atoms with van der Waals surface area (Å²) in [5.41, 5.74) is 6.53. The molecule has 2 fully saturated rings. The van der Waals surface area contributed by atoms with Crippen LogP contribution in [0.5, 0.6) is 0 Å². The van der Waals surface area contributed by atoms with Gasteiger partial charge in [0.2, 0.25) is 16.0 Å². The molecule has 1 saturated heterocycles. The first-order valence-electron chi connectivity index (χ1n) is 12.8. The molecule has 0 bridgehead atoms. The number of benzene rings is 1. The van der Waals surface area contributed by atoms with Gasteiger partial charge in [-0.25, -0.2) is 32.8 Å². The van der Waals surface area contributed by atoms with Crippen LogP contribution in [0.1, 0.15) is 37.8 Å². The second-order valence-corrected chi connectivity index (χ2v) is 12.2. The van der Waals surface area contributed by atoms with E-state index in [2.05, 4.69) is 26.9 Å². The molecule has 2 aliphatic heterocycles. The smallest absolute Gasteiger partial charge is 0.227 e. The van der Waals surface area contributed by atoms with E-state index in [4.69, 9.17) is 4.98 Å². The van der Waals surface area contributed by atoms with Gasteiger partial charge in [-0.3, -0.25) is 0 Å². The van der Waals surface area contributed by atoms with Crippen molar-refractivity contribution in [3.8, 4) is 11.8 Å². The SMILES string of the molecule is N#CCC1(N2C=C(c3ccnc(Nc4ccc(-n5cccn5)cc4)n3)CN2)CCN(S(=O)(=O)C2CC2)CC1. The molecule has 0 spiro atoms. The predicted octanol–water partition coefficient (Wildman–Crippen LogP) is 2.81. The van der Waals surface area contributed by atoms with Crippen LogP contribution in [0.15, 0.2) is 61.2 Å². The third-order valence-electron chi connectivity index (χ3n) is 7.48. The Bertz CT molecular complexity index is 1470. The molecule has 4 heterocycles. The fraction of sp³-hybridized carbons (Fsp3) is 0.385. The largest absolute Gasteiger partial charge is 0.324 e. The molecular formula is C26H29N9O2S. The molecule has 0 radical (unpaired) electrons. The second kappa shape index (κ2) is 9.83. The Balaban J connectivity index is 1.15. The van der Waals surface area contributed by atoms with Crippen LogP contribution in [-0.4, -0.2) is 67.9 Å². The van der Waals surface area contributed by atoms with E-state index in [0.717, 1.165) is 35.5 Å². The van der Waals surface area contributed by atoms with Gasteiger partial charge in [-0.2, -0.15) is 10.4 Å². The molecule has 6 rings (SSSR count). The average Bonchev–Trinajstić information content (AvgIpc) is 3.44. The average molecular weight is 532 g/mol. The number of hydrogen-bond donors (Lipinski definition) is 2. The molecule has 2 aromatic heterocycles. The van der Waals surface area contributed by atoms with Crippen LogP contribution in [0, 0.1) is 11.3 Å². The molecule has 1 aromatic carbocycles. The fourth-order valence-corrected chi connectivity index (χ4v) is 6.95. The number of rotatable bonds is 8. The Kier molecular flexibility index (Phi) is 6.35. The first-order valence-corrected chi connectivity index (χ1v) is 14.3. The standard InChI is InChI=1S/C26H29N9O2S/c27-12-9-26(10-16-33(17-11-26)38(36,37)23-6-7-23)35-19-20(18-30-35)24-8-14-28-25(32-24)31-21-2-4-22(5-3-21)34-15-1-13-29-34/h1-5,8,13-15,19,23,30H,6-7,9-11,16-18H2,(H,28,31,32). The van der Waals surface area contributed by atoms with Gasteiger partial charge in [-0.1, -0.05) is 0 Å². The molecule has 3 aliphatic rings. The maximum atomic E-state index is 12.7. The Morgan fingerprint density at radius 1 is 1.13 bits per heavy atom. The lowest BCUT2D eigenvalue weighted by Gasteiger charge is -2.45. The van der Waals surface area contributed by atoms with Crippen molar-refractivity contribution < 1.29 is 8.42 Å². The van der Waals surface area contributed by atoms with Crippen molar-refractivity contribution in [1.82, 2.24) is 34.5 Å². The van der Waals surface area contributed by atoms with E-state index in [9.17, 15) is 13.7 Å². The van der Waals surface area contributed by atoms with Crippen LogP contribution in [0.4, 0.5) is 11.6 Å². The van der Waals surface area contributed by atoms with Crippen LogP contribution >= 0.6 is 0 Å². The molecule has 11 nitrogen and oxygen atoms in total. The van der Waals surface area contributed by atoms with Gasteiger partial charge in [-0.15, -0.1) is 0 Å². The summed E-state index contributed by atoms with van der Waals surface area (Å²) < 4.78 is 28.8. The minimum Gasteiger partial charge on any atom is -0.324 e. The highest BCUT2D eigenvalue weighted by molar-refractivity contribution is 7.90. The zero-order valence-electron chi connectivity index (χ0n) is 20.9. The van der Waals surface area contributed by atoms with E-state index >= 15 is 0 Å². The van der Waals surface area contributed by atoms with Gasteiger partial charge in [0, 0.05) is 55.7 Å². The number of nitrogens with one attached hydrogen (secondary N) is 2. The molecule has 0 amide bonds. The maximum Gasteiger partial charge on any atom is 0.227 e. The minimum absolute atomic E-state index is 0.211. The Morgan fingerprint density at radius 2 is 1.92 bits per heavy atom. The van der Waals surface area contributed by atoms with Gasteiger partial charge >= 0.3 is 0 Å². The molecule has 3 aromatic rings. The summed E-state index contributed by atoms with van der Waals surface area (Å²) in [6.45, 7) is 1.43. The maximum absolute atomic E-state index is 12.7. The van der Waals surface area contributed by atoms with E-state index < -0.39 is 15.6 Å². The zero-order chi connectivity index (χ0) is 26.2. The van der Waals surface area contributed by atoms with Crippen molar-refractivity contribution in [2.45, 2.75) is 42.9 Å². The normalized spacial score (nSPS) is 19.7. The van der Waals surface area contributed by atoms with Crippen molar-refractivity contribution in [3.05, 3.63) is 66.9 Å². The van der Waals surface area contributed by atoms with E-state index in [-0.39, 0.29) is 5.25 Å². The van der Waals surface area contributed by atoms with Crippen LogP contribution < -0.4 is 10.7 Å². The summed E-state index contributed by atoms with van der Waals surface area (Å²) in [7, 11) is -3.21. The lowest BCUT2D eigenvalue weighted by Crippen LogP contribution is -2.57. The van der Waals surface area contributed by atoms with E-state index in [1.165, 1.54) is 0 Å². The first-order chi connectivity index (χ1) is 18.5. The monoisotopic (exact) mass is 531 g/mol. The van der Waals surface area contributed by atoms with Crippen molar-refractivity contribution in [1.29, 1.82) is 5.26 Å². The lowest BCUT2D eigenvalue weighted by molar-refractivity contribution is 0.0549. The quantitative estimate of drug-likeness (QED) is 0.450. The van der Waals surface area contributed by atoms with E-state index in [0.29, 0.717) is 44.8 Å². The summed E-state index contributed by atoms with van der Waals surface area (Å²) in [6.07, 6.45) is 10.4. The van der Waals surface area contributed by atoms with Crippen LogP contribution in [-0.2, 0) is 10.0 Å². The number of hydrazine groups is 1. The number of hydrogen-bond acceptors (Lipinski definition) is 9. The third kappa shape index (κ3) is 4.76. The lowest BCUT2D eigenvalue weighted by atomic mass is 9.85. The van der Waals surface area contributed by atoms with Gasteiger partial charge in [0.05, 0.1) is 34.7 Å². The fourth-order valence-electron chi connectivity index (χ4n) is 5.11. The summed E-state index contributed by atoms with van der Waals surface area (Å²) in [4.78, 5) is 9.09. The third-order valence-corrected chi connectivity index (χ3v) is 9.88. The topological polar surface area (TPSA) is 132 Å². The molecule has 0 atom stereocenters. The molecule has 1 aliphatic carbocycles. The molecule has 12 heteroatoms. The minimum atomic E-state index is -3.21. The first kappa shape index (κ1) is 24.5. The van der Waals surface area contributed by atoms with Crippen molar-refractivity contribution in [2.75, 3.05) is 25.0 Å². The number of sulfonamides is 1. The molecule has 196 valence electrons. The van der Waals surface area contributed by atoms with E-state index in [1.807, 2.05) is 53.8 Å². The Morgan fingerprint density at radius 3 is 2.61 bits per heavy atom. The molecule has 38 heavy (non-hydrogen) atoms. The predicted molar refractivity (Wildman–Crippen MR) is 142 cm³/mol. The van der Waals surface area contributed by atoms with Crippen molar-refractivity contribution >= 4 is 27.2 Å². The van der Waals surface area contributed by atoms with Crippen LogP contribution in [0.25, 0.3) is 11.3 Å². The molecule has 1 saturated carbocycles. The van der Waals surface area contributed by atoms with Gasteiger partial charge in [0.15, 0.2) is 0 Å². The van der Waals surface area contributed by atoms with Gasteiger partial charge < -0.3 is 10.3 Å². The van der Waals surface area contributed by atoms with Gasteiger partial charge in [0.1, 0.15) is 0 Å². The molecule has 0 unspecified atom stereocenters.